The molecule has 2 N–H and O–H groups in total. The van der Waals surface area contributed by atoms with Crippen molar-refractivity contribution in [3.8, 4) is 0 Å². The molecule has 1 aliphatic heterocycles. The lowest BCUT2D eigenvalue weighted by Crippen LogP contribution is -2.18. The van der Waals surface area contributed by atoms with Gasteiger partial charge in [0.2, 0.25) is 0 Å². The van der Waals surface area contributed by atoms with Crippen LogP contribution < -0.4 is 5.56 Å². The molecule has 1 fully saturated rings. The average Bonchev–Trinajstić information content (AvgIpc) is 2.58. The van der Waals surface area contributed by atoms with E-state index in [1.807, 2.05) is 0 Å². The molecule has 1 aromatic rings. The Morgan fingerprint density at radius 1 is 1.67 bits per heavy atom. The fraction of sp³-hybridized carbons (Fsp3) is 0.500. The Morgan fingerprint density at radius 2 is 2.40 bits per heavy atom. The molecule has 0 saturated carbocycles. The summed E-state index contributed by atoms with van der Waals surface area (Å²) in [6.45, 7) is 0. The normalized spacial score (nSPS) is 25.7. The van der Waals surface area contributed by atoms with E-state index < -0.39 is 11.8 Å². The largest absolute Gasteiger partial charge is 0.368 e. The van der Waals surface area contributed by atoms with Crippen molar-refractivity contribution in [2.45, 2.75) is 25.4 Å². The molecule has 0 aromatic carbocycles. The number of H-pyrrole nitrogens is 1. The predicted octanol–water partition coefficient (Wildman–Crippen LogP) is 1.19. The summed E-state index contributed by atoms with van der Waals surface area (Å²) in [4.78, 5) is 13.5. The molecular formula is C8H9ClN2O3S. The van der Waals surface area contributed by atoms with E-state index >= 15 is 0 Å². The smallest absolute Gasteiger partial charge is 0.270 e. The van der Waals surface area contributed by atoms with Crippen molar-refractivity contribution in [3.63, 3.8) is 0 Å². The highest BCUT2D eigenvalue weighted by Gasteiger charge is 2.25. The first-order valence-electron chi connectivity index (χ1n) is 4.42. The molecule has 2 atom stereocenters. The van der Waals surface area contributed by atoms with Gasteiger partial charge in [-0.3, -0.25) is 14.3 Å². The summed E-state index contributed by atoms with van der Waals surface area (Å²) in [7, 11) is 0. The number of aromatic amines is 1. The molecule has 1 unspecified atom stereocenters. The van der Waals surface area contributed by atoms with Crippen molar-refractivity contribution in [3.05, 3.63) is 26.3 Å². The van der Waals surface area contributed by atoms with Crippen molar-refractivity contribution in [1.29, 1.82) is 0 Å². The third kappa shape index (κ3) is 2.12. The second-order valence-electron chi connectivity index (χ2n) is 3.27. The highest BCUT2D eigenvalue weighted by Crippen LogP contribution is 2.26. The van der Waals surface area contributed by atoms with E-state index in [1.54, 1.807) is 0 Å². The lowest BCUT2D eigenvalue weighted by Gasteiger charge is -2.14. The zero-order valence-corrected chi connectivity index (χ0v) is 9.22. The van der Waals surface area contributed by atoms with Gasteiger partial charge < -0.3 is 9.84 Å². The Kier molecular flexibility index (Phi) is 2.92. The fourth-order valence-corrected chi connectivity index (χ4v) is 1.90. The summed E-state index contributed by atoms with van der Waals surface area (Å²) in [5, 5.41) is 9.25. The second-order valence-corrected chi connectivity index (χ2v) is 4.06. The van der Waals surface area contributed by atoms with E-state index in [0.29, 0.717) is 12.8 Å². The van der Waals surface area contributed by atoms with Gasteiger partial charge in [-0.1, -0.05) is 11.6 Å². The monoisotopic (exact) mass is 248 g/mol. The summed E-state index contributed by atoms with van der Waals surface area (Å²) >= 11 is 10.6. The summed E-state index contributed by atoms with van der Waals surface area (Å²) in [5.41, 5.74) is -0.420. The maximum absolute atomic E-state index is 11.1. The topological polar surface area (TPSA) is 67.2 Å². The minimum absolute atomic E-state index is 0.0496. The van der Waals surface area contributed by atoms with Gasteiger partial charge in [0.15, 0.2) is 11.1 Å². The van der Waals surface area contributed by atoms with E-state index in [1.165, 1.54) is 10.8 Å². The molecule has 0 aliphatic carbocycles. The van der Waals surface area contributed by atoms with Crippen molar-refractivity contribution < 1.29 is 9.84 Å². The SMILES string of the molecule is O=c1[nH]c(=S)n(C2CC[C@@H](O)O2)cc1Cl. The molecule has 82 valence electrons. The van der Waals surface area contributed by atoms with Crippen LogP contribution in [-0.4, -0.2) is 20.9 Å². The van der Waals surface area contributed by atoms with Crippen LogP contribution in [-0.2, 0) is 4.74 Å². The molecule has 1 aliphatic rings. The molecule has 0 bridgehead atoms. The number of hydrogen-bond acceptors (Lipinski definition) is 4. The minimum Gasteiger partial charge on any atom is -0.368 e. The van der Waals surface area contributed by atoms with Crippen LogP contribution in [0.15, 0.2) is 11.0 Å². The highest BCUT2D eigenvalue weighted by molar-refractivity contribution is 7.71. The first-order valence-corrected chi connectivity index (χ1v) is 5.21. The zero-order valence-electron chi connectivity index (χ0n) is 7.64. The van der Waals surface area contributed by atoms with Gasteiger partial charge in [0.1, 0.15) is 11.3 Å². The van der Waals surface area contributed by atoms with Gasteiger partial charge in [0.25, 0.3) is 5.56 Å². The molecule has 1 saturated heterocycles. The lowest BCUT2D eigenvalue weighted by molar-refractivity contribution is -0.113. The third-order valence-corrected chi connectivity index (χ3v) is 2.79. The van der Waals surface area contributed by atoms with Crippen LogP contribution >= 0.6 is 23.8 Å². The number of aliphatic hydroxyl groups is 1. The maximum Gasteiger partial charge on any atom is 0.270 e. The minimum atomic E-state index is -0.775. The van der Waals surface area contributed by atoms with Crippen LogP contribution in [0.25, 0.3) is 0 Å². The van der Waals surface area contributed by atoms with Gasteiger partial charge in [-0.15, -0.1) is 0 Å². The Balaban J connectivity index is 2.41. The average molecular weight is 249 g/mol. The number of aliphatic hydroxyl groups excluding tert-OH is 1. The summed E-state index contributed by atoms with van der Waals surface area (Å²) in [6, 6.07) is 0. The van der Waals surface area contributed by atoms with Crippen LogP contribution in [0.1, 0.15) is 19.1 Å². The third-order valence-electron chi connectivity index (χ3n) is 2.21. The van der Waals surface area contributed by atoms with Gasteiger partial charge in [-0.05, 0) is 18.6 Å². The first kappa shape index (κ1) is 10.8. The predicted molar refractivity (Wildman–Crippen MR) is 56.3 cm³/mol. The zero-order chi connectivity index (χ0) is 11.0. The number of hydrogen-bond donors (Lipinski definition) is 2. The molecule has 1 aromatic heterocycles. The van der Waals surface area contributed by atoms with E-state index in [2.05, 4.69) is 4.98 Å². The van der Waals surface area contributed by atoms with Gasteiger partial charge in [0, 0.05) is 12.6 Å². The summed E-state index contributed by atoms with van der Waals surface area (Å²) in [5.74, 6) is 0. The number of nitrogens with one attached hydrogen (secondary N) is 1. The fourth-order valence-electron chi connectivity index (χ4n) is 1.48. The van der Waals surface area contributed by atoms with E-state index in [9.17, 15) is 9.90 Å². The number of ether oxygens (including phenoxy) is 1. The quantitative estimate of drug-likeness (QED) is 0.733. The number of aromatic nitrogens is 2. The van der Waals surface area contributed by atoms with Crippen LogP contribution in [0.2, 0.25) is 5.02 Å². The first-order chi connectivity index (χ1) is 7.08. The Morgan fingerprint density at radius 3 is 3.00 bits per heavy atom. The van der Waals surface area contributed by atoms with Crippen molar-refractivity contribution in [1.82, 2.24) is 9.55 Å². The summed E-state index contributed by atoms with van der Waals surface area (Å²) < 4.78 is 6.97. The number of halogens is 1. The molecule has 2 rings (SSSR count). The van der Waals surface area contributed by atoms with Crippen LogP contribution in [0.4, 0.5) is 0 Å². The Labute approximate surface area is 95.3 Å². The second kappa shape index (κ2) is 4.05. The van der Waals surface area contributed by atoms with Gasteiger partial charge in [0.05, 0.1) is 0 Å². The molecule has 0 spiro atoms. The molecule has 15 heavy (non-hydrogen) atoms. The van der Waals surface area contributed by atoms with E-state index in [0.717, 1.165) is 0 Å². The van der Waals surface area contributed by atoms with Crippen LogP contribution in [0, 0.1) is 4.77 Å². The molecule has 0 radical (unpaired) electrons. The highest BCUT2D eigenvalue weighted by atomic mass is 35.5. The van der Waals surface area contributed by atoms with Crippen molar-refractivity contribution in [2.24, 2.45) is 0 Å². The van der Waals surface area contributed by atoms with E-state index in [-0.39, 0.29) is 16.0 Å². The maximum atomic E-state index is 11.1. The van der Waals surface area contributed by atoms with Gasteiger partial charge >= 0.3 is 0 Å². The lowest BCUT2D eigenvalue weighted by atomic mass is 10.3. The molecule has 7 heteroatoms. The standard InChI is InChI=1S/C8H9ClN2O3S/c9-4-3-11(8(15)10-7(4)13)5-1-2-6(12)14-5/h3,5-6,12H,1-2H2,(H,10,13,15)/t5?,6-/m0/s1. The van der Waals surface area contributed by atoms with E-state index in [4.69, 9.17) is 28.6 Å². The number of rotatable bonds is 1. The summed E-state index contributed by atoms with van der Waals surface area (Å²) in [6.07, 6.45) is 1.47. The van der Waals surface area contributed by atoms with Gasteiger partial charge in [-0.25, -0.2) is 0 Å². The number of nitrogens with zero attached hydrogens (tertiary/aromatic N) is 1. The van der Waals surface area contributed by atoms with Crippen molar-refractivity contribution >= 4 is 23.8 Å². The molecule has 2 heterocycles. The van der Waals surface area contributed by atoms with Crippen LogP contribution in [0.5, 0.6) is 0 Å². The van der Waals surface area contributed by atoms with Crippen LogP contribution in [0.3, 0.4) is 0 Å². The van der Waals surface area contributed by atoms with Gasteiger partial charge in [-0.2, -0.15) is 0 Å². The molecule has 0 amide bonds. The Bertz CT molecular complexity index is 484. The molecular weight excluding hydrogens is 240 g/mol. The molecule has 5 nitrogen and oxygen atoms in total. The Hall–Kier alpha value is -0.690. The van der Waals surface area contributed by atoms with Crippen molar-refractivity contribution in [2.75, 3.05) is 0 Å².